The van der Waals surface area contributed by atoms with Gasteiger partial charge in [-0.25, -0.2) is 4.79 Å². The van der Waals surface area contributed by atoms with E-state index < -0.39 is 33.2 Å². The molecule has 0 aliphatic carbocycles. The quantitative estimate of drug-likeness (QED) is 0.602. The van der Waals surface area contributed by atoms with E-state index in [9.17, 15) is 25.0 Å². The van der Waals surface area contributed by atoms with Crippen LogP contribution in [0.5, 0.6) is 0 Å². The van der Waals surface area contributed by atoms with Crippen molar-refractivity contribution in [1.29, 1.82) is 0 Å². The summed E-state index contributed by atoms with van der Waals surface area (Å²) in [7, 11) is 0. The maximum atomic E-state index is 11.1. The van der Waals surface area contributed by atoms with E-state index in [-0.39, 0.29) is 11.6 Å². The van der Waals surface area contributed by atoms with Crippen LogP contribution >= 0.6 is 0 Å². The third kappa shape index (κ3) is 3.40. The van der Waals surface area contributed by atoms with E-state index in [4.69, 9.17) is 5.11 Å². The molecule has 1 rings (SSSR count). The van der Waals surface area contributed by atoms with Crippen molar-refractivity contribution in [3.05, 3.63) is 38.4 Å². The molecule has 0 aliphatic heterocycles. The number of anilines is 1. The van der Waals surface area contributed by atoms with Gasteiger partial charge in [0.1, 0.15) is 11.7 Å². The second kappa shape index (κ2) is 5.95. The highest BCUT2D eigenvalue weighted by atomic mass is 16.6. The Labute approximate surface area is 113 Å². The first-order valence-corrected chi connectivity index (χ1v) is 5.66. The predicted octanol–water partition coefficient (Wildman–Crippen LogP) is 2.02. The van der Waals surface area contributed by atoms with Crippen LogP contribution in [0.3, 0.4) is 0 Å². The van der Waals surface area contributed by atoms with Crippen molar-refractivity contribution < 1.29 is 19.7 Å². The second-order valence-corrected chi connectivity index (χ2v) is 4.42. The van der Waals surface area contributed by atoms with E-state index in [1.54, 1.807) is 13.8 Å². The highest BCUT2D eigenvalue weighted by Crippen LogP contribution is 2.30. The van der Waals surface area contributed by atoms with Gasteiger partial charge >= 0.3 is 5.97 Å². The minimum atomic E-state index is -1.16. The molecular weight excluding hydrogens is 270 g/mol. The zero-order valence-corrected chi connectivity index (χ0v) is 10.8. The number of non-ortho nitro benzene ring substituents is 1. The summed E-state index contributed by atoms with van der Waals surface area (Å²) in [6, 6.07) is 1.97. The van der Waals surface area contributed by atoms with E-state index in [0.29, 0.717) is 0 Å². The van der Waals surface area contributed by atoms with Crippen LogP contribution in [-0.4, -0.2) is 27.0 Å². The average Bonchev–Trinajstić information content (AvgIpc) is 2.34. The Morgan fingerprint density at radius 2 is 1.85 bits per heavy atom. The van der Waals surface area contributed by atoms with Crippen molar-refractivity contribution in [2.75, 3.05) is 5.32 Å². The maximum Gasteiger partial charge on any atom is 0.326 e. The number of nitro groups is 2. The Kier molecular flexibility index (Phi) is 4.57. The number of hydrogen-bond acceptors (Lipinski definition) is 6. The van der Waals surface area contributed by atoms with Gasteiger partial charge in [0, 0.05) is 6.07 Å². The number of nitro benzene ring substituents is 2. The topological polar surface area (TPSA) is 136 Å². The Morgan fingerprint density at radius 1 is 1.25 bits per heavy atom. The molecule has 0 radical (unpaired) electrons. The molecule has 0 heterocycles. The molecule has 0 bridgehead atoms. The maximum absolute atomic E-state index is 11.1. The lowest BCUT2D eigenvalue weighted by molar-refractivity contribution is -0.393. The second-order valence-electron chi connectivity index (χ2n) is 4.42. The van der Waals surface area contributed by atoms with Crippen molar-refractivity contribution in [3.63, 3.8) is 0 Å². The molecule has 0 amide bonds. The Balaban J connectivity index is 3.20. The number of carboxylic acid groups (broad SMARTS) is 1. The Morgan fingerprint density at radius 3 is 2.25 bits per heavy atom. The van der Waals surface area contributed by atoms with Crippen molar-refractivity contribution in [1.82, 2.24) is 0 Å². The normalized spacial score (nSPS) is 11.9. The molecule has 0 aliphatic rings. The predicted molar refractivity (Wildman–Crippen MR) is 69.6 cm³/mol. The Bertz CT molecular complexity index is 557. The summed E-state index contributed by atoms with van der Waals surface area (Å²) in [6.07, 6.45) is 0. The highest BCUT2D eigenvalue weighted by Gasteiger charge is 2.26. The summed E-state index contributed by atoms with van der Waals surface area (Å²) in [6.45, 7) is 3.28. The molecule has 9 heteroatoms. The summed E-state index contributed by atoms with van der Waals surface area (Å²) in [4.78, 5) is 31.0. The molecule has 0 fully saturated rings. The number of carbonyl (C=O) groups is 1. The van der Waals surface area contributed by atoms with Crippen LogP contribution in [0.25, 0.3) is 0 Å². The molecule has 1 aromatic rings. The van der Waals surface area contributed by atoms with Gasteiger partial charge in [0.15, 0.2) is 0 Å². The van der Waals surface area contributed by atoms with E-state index in [1.807, 2.05) is 0 Å². The summed E-state index contributed by atoms with van der Waals surface area (Å²) < 4.78 is 0. The van der Waals surface area contributed by atoms with Crippen LogP contribution in [0.4, 0.5) is 17.1 Å². The standard InChI is InChI=1S/C11H13N3O6/c1-6(2)10(11(15)16)12-8-4-3-7(13(17)18)5-9(8)14(19)20/h3-6,10,12H,1-2H3,(H,15,16)/t10-/m1/s1. The fraction of sp³-hybridized carbons (Fsp3) is 0.364. The SMILES string of the molecule is CC(C)[C@@H](Nc1ccc([N+](=O)[O-])cc1[N+](=O)[O-])C(=O)O. The van der Waals surface area contributed by atoms with Gasteiger partial charge in [-0.15, -0.1) is 0 Å². The fourth-order valence-electron chi connectivity index (χ4n) is 1.59. The average molecular weight is 283 g/mol. The molecule has 0 saturated carbocycles. The van der Waals surface area contributed by atoms with E-state index in [1.165, 1.54) is 0 Å². The molecule has 20 heavy (non-hydrogen) atoms. The number of benzene rings is 1. The fourth-order valence-corrected chi connectivity index (χ4v) is 1.59. The number of hydrogen-bond donors (Lipinski definition) is 2. The molecule has 0 spiro atoms. The molecule has 1 aromatic carbocycles. The largest absolute Gasteiger partial charge is 0.480 e. The van der Waals surface area contributed by atoms with Crippen LogP contribution in [0.15, 0.2) is 18.2 Å². The molecule has 1 atom stereocenters. The number of nitrogens with zero attached hydrogens (tertiary/aromatic N) is 2. The third-order valence-electron chi connectivity index (χ3n) is 2.63. The van der Waals surface area contributed by atoms with Gasteiger partial charge in [-0.1, -0.05) is 13.8 Å². The van der Waals surface area contributed by atoms with Crippen LogP contribution < -0.4 is 5.32 Å². The Hall–Kier alpha value is -2.71. The first-order chi connectivity index (χ1) is 9.23. The molecule has 0 saturated heterocycles. The molecule has 2 N–H and O–H groups in total. The minimum Gasteiger partial charge on any atom is -0.480 e. The zero-order chi connectivity index (χ0) is 15.4. The smallest absolute Gasteiger partial charge is 0.326 e. The highest BCUT2D eigenvalue weighted by molar-refractivity contribution is 5.79. The van der Waals surface area contributed by atoms with E-state index >= 15 is 0 Å². The van der Waals surface area contributed by atoms with Gasteiger partial charge in [-0.05, 0) is 12.0 Å². The van der Waals surface area contributed by atoms with Crippen molar-refractivity contribution in [2.24, 2.45) is 5.92 Å². The molecule has 108 valence electrons. The molecular formula is C11H13N3O6. The molecule has 9 nitrogen and oxygen atoms in total. The van der Waals surface area contributed by atoms with Gasteiger partial charge in [0.05, 0.1) is 15.9 Å². The van der Waals surface area contributed by atoms with Gasteiger partial charge in [-0.2, -0.15) is 0 Å². The van der Waals surface area contributed by atoms with Gasteiger partial charge in [-0.3, -0.25) is 20.2 Å². The summed E-state index contributed by atoms with van der Waals surface area (Å²) in [5, 5.41) is 33.1. The lowest BCUT2D eigenvalue weighted by Gasteiger charge is -2.18. The first-order valence-electron chi connectivity index (χ1n) is 5.66. The van der Waals surface area contributed by atoms with Gasteiger partial charge in [0.2, 0.25) is 0 Å². The van der Waals surface area contributed by atoms with Gasteiger partial charge in [0.25, 0.3) is 11.4 Å². The van der Waals surface area contributed by atoms with Crippen molar-refractivity contribution in [2.45, 2.75) is 19.9 Å². The van der Waals surface area contributed by atoms with Crippen LogP contribution in [0.2, 0.25) is 0 Å². The zero-order valence-electron chi connectivity index (χ0n) is 10.8. The van der Waals surface area contributed by atoms with Crippen LogP contribution in [0.1, 0.15) is 13.8 Å². The minimum absolute atomic E-state index is 0.0679. The lowest BCUT2D eigenvalue weighted by atomic mass is 10.0. The summed E-state index contributed by atoms with van der Waals surface area (Å²) in [5.41, 5.74) is -1.04. The van der Waals surface area contributed by atoms with Gasteiger partial charge < -0.3 is 10.4 Å². The number of aliphatic carboxylic acids is 1. The van der Waals surface area contributed by atoms with Crippen LogP contribution in [0, 0.1) is 26.1 Å². The third-order valence-corrected chi connectivity index (χ3v) is 2.63. The van der Waals surface area contributed by atoms with Crippen molar-refractivity contribution in [3.8, 4) is 0 Å². The molecule has 0 aromatic heterocycles. The number of rotatable bonds is 6. The summed E-state index contributed by atoms with van der Waals surface area (Å²) >= 11 is 0. The van der Waals surface area contributed by atoms with E-state index in [0.717, 1.165) is 18.2 Å². The van der Waals surface area contributed by atoms with E-state index in [2.05, 4.69) is 5.32 Å². The molecule has 0 unspecified atom stereocenters. The van der Waals surface area contributed by atoms with Crippen LogP contribution in [-0.2, 0) is 4.79 Å². The number of nitrogens with one attached hydrogen (secondary N) is 1. The first kappa shape index (κ1) is 15.3. The monoisotopic (exact) mass is 283 g/mol. The van der Waals surface area contributed by atoms with Crippen molar-refractivity contribution >= 4 is 23.0 Å². The lowest BCUT2D eigenvalue weighted by Crippen LogP contribution is -2.34. The number of carboxylic acids is 1. The summed E-state index contributed by atoms with van der Waals surface area (Å²) in [5.74, 6) is -1.48.